The van der Waals surface area contributed by atoms with Crippen molar-refractivity contribution in [3.8, 4) is 0 Å². The van der Waals surface area contributed by atoms with Crippen molar-refractivity contribution in [1.29, 1.82) is 0 Å². The lowest BCUT2D eigenvalue weighted by atomic mass is 10.3. The van der Waals surface area contributed by atoms with Gasteiger partial charge in [-0.1, -0.05) is 6.92 Å². The van der Waals surface area contributed by atoms with Gasteiger partial charge in [0, 0.05) is 42.6 Å². The number of hydrogen-bond donors (Lipinski definition) is 5. The van der Waals surface area contributed by atoms with E-state index < -0.39 is 0 Å². The number of nitrogens with zero attached hydrogens (tertiary/aromatic N) is 5. The van der Waals surface area contributed by atoms with E-state index in [9.17, 15) is 9.59 Å². The first-order valence-corrected chi connectivity index (χ1v) is 10.7. The summed E-state index contributed by atoms with van der Waals surface area (Å²) in [6.45, 7) is 8.48. The van der Waals surface area contributed by atoms with E-state index in [1.165, 1.54) is 4.68 Å². The highest BCUT2D eigenvalue weighted by atomic mass is 16.2. The Hall–Kier alpha value is -4.22. The molecule has 2 heterocycles. The number of carbonyl (C=O) groups excluding carboxylic acids is 2. The highest BCUT2D eigenvalue weighted by molar-refractivity contribution is 5.89. The number of urea groups is 1. The van der Waals surface area contributed by atoms with E-state index >= 15 is 0 Å². The van der Waals surface area contributed by atoms with Crippen LogP contribution in [0.4, 0.5) is 38.7 Å². The Bertz CT molecular complexity index is 1110. The summed E-state index contributed by atoms with van der Waals surface area (Å²) in [4.78, 5) is 37.0. The van der Waals surface area contributed by atoms with Crippen LogP contribution in [0.1, 0.15) is 32.3 Å². The molecule has 3 aromatic rings. The maximum absolute atomic E-state index is 12.1. The van der Waals surface area contributed by atoms with Gasteiger partial charge in [-0.3, -0.25) is 0 Å². The molecule has 12 heteroatoms. The second-order valence-electron chi connectivity index (χ2n) is 6.98. The fourth-order valence-electron chi connectivity index (χ4n) is 2.87. The van der Waals surface area contributed by atoms with E-state index in [-0.39, 0.29) is 12.1 Å². The molecule has 0 spiro atoms. The molecule has 3 rings (SSSR count). The Balaban J connectivity index is 1.74. The lowest BCUT2D eigenvalue weighted by Crippen LogP contribution is -2.29. The van der Waals surface area contributed by atoms with Crippen LogP contribution >= 0.6 is 0 Å². The predicted octanol–water partition coefficient (Wildman–Crippen LogP) is 3.15. The number of rotatable bonds is 8. The van der Waals surface area contributed by atoms with Crippen molar-refractivity contribution in [3.63, 3.8) is 0 Å². The van der Waals surface area contributed by atoms with E-state index in [4.69, 9.17) is 0 Å². The molecular formula is C21H28N10O2. The summed E-state index contributed by atoms with van der Waals surface area (Å²) in [5.74, 6) is 1.69. The van der Waals surface area contributed by atoms with Gasteiger partial charge in [0.1, 0.15) is 5.82 Å². The van der Waals surface area contributed by atoms with Gasteiger partial charge in [0.05, 0.1) is 0 Å². The van der Waals surface area contributed by atoms with Gasteiger partial charge in [-0.15, -0.1) is 5.10 Å². The van der Waals surface area contributed by atoms with E-state index in [0.717, 1.165) is 5.69 Å². The average Bonchev–Trinajstić information content (AvgIpc) is 3.15. The quantitative estimate of drug-likeness (QED) is 0.350. The summed E-state index contributed by atoms with van der Waals surface area (Å²) >= 11 is 0. The third-order valence-electron chi connectivity index (χ3n) is 4.38. The van der Waals surface area contributed by atoms with Crippen LogP contribution in [-0.2, 0) is 6.42 Å². The summed E-state index contributed by atoms with van der Waals surface area (Å²) in [7, 11) is 0. The fraction of sp³-hybridized carbons (Fsp3) is 0.333. The SMILES string of the molecule is CCNC(=O)Nc1ccc(Nc2nc(CC)nc(Nc3cc(C)n(C(=O)NCC)n3)n2)cc1. The lowest BCUT2D eigenvalue weighted by molar-refractivity contribution is 0.239. The molecule has 0 saturated heterocycles. The zero-order valence-corrected chi connectivity index (χ0v) is 19.1. The number of aromatic nitrogens is 5. The number of nitrogens with one attached hydrogen (secondary N) is 5. The lowest BCUT2D eigenvalue weighted by Gasteiger charge is -2.10. The predicted molar refractivity (Wildman–Crippen MR) is 126 cm³/mol. The molecule has 0 aliphatic carbocycles. The standard InChI is InChI=1S/C21H28N10O2/c1-5-16-26-18(24-14-8-10-15(11-9-14)25-20(32)22-6-2)29-19(27-16)28-17-12-13(4)31(30-17)21(33)23-7-3/h8-12H,5-7H2,1-4H3,(H,23,33)(H2,22,25,32)(H2,24,26,27,28,29,30). The summed E-state index contributed by atoms with van der Waals surface area (Å²) in [5, 5.41) is 18.6. The van der Waals surface area contributed by atoms with Gasteiger partial charge in [-0.25, -0.2) is 9.59 Å². The maximum atomic E-state index is 12.1. The smallest absolute Gasteiger partial charge is 0.338 e. The Morgan fingerprint density at radius 1 is 0.879 bits per heavy atom. The minimum atomic E-state index is -0.305. The van der Waals surface area contributed by atoms with Crippen LogP contribution in [0.3, 0.4) is 0 Å². The molecule has 5 N–H and O–H groups in total. The highest BCUT2D eigenvalue weighted by Crippen LogP contribution is 2.19. The van der Waals surface area contributed by atoms with Gasteiger partial charge in [0.25, 0.3) is 0 Å². The van der Waals surface area contributed by atoms with Crippen LogP contribution in [0.25, 0.3) is 0 Å². The summed E-state index contributed by atoms with van der Waals surface area (Å²) in [6.07, 6.45) is 0.605. The average molecular weight is 453 g/mol. The van der Waals surface area contributed by atoms with E-state index in [2.05, 4.69) is 46.6 Å². The van der Waals surface area contributed by atoms with Gasteiger partial charge in [0.2, 0.25) is 11.9 Å². The number of hydrogen-bond acceptors (Lipinski definition) is 8. The third kappa shape index (κ3) is 6.38. The molecule has 0 atom stereocenters. The normalized spacial score (nSPS) is 10.4. The number of anilines is 5. The van der Waals surface area contributed by atoms with Crippen LogP contribution in [-0.4, -0.2) is 49.9 Å². The topological polar surface area (TPSA) is 151 Å². The van der Waals surface area contributed by atoms with E-state index in [1.807, 2.05) is 20.8 Å². The monoisotopic (exact) mass is 452 g/mol. The van der Waals surface area contributed by atoms with Crippen LogP contribution in [0.2, 0.25) is 0 Å². The van der Waals surface area contributed by atoms with Crippen LogP contribution in [0.5, 0.6) is 0 Å². The first-order valence-electron chi connectivity index (χ1n) is 10.7. The molecule has 0 aliphatic heterocycles. The fourth-order valence-corrected chi connectivity index (χ4v) is 2.87. The molecule has 2 aromatic heterocycles. The highest BCUT2D eigenvalue weighted by Gasteiger charge is 2.13. The second-order valence-corrected chi connectivity index (χ2v) is 6.98. The van der Waals surface area contributed by atoms with Crippen molar-refractivity contribution < 1.29 is 9.59 Å². The first kappa shape index (κ1) is 23.4. The summed E-state index contributed by atoms with van der Waals surface area (Å²) in [6, 6.07) is 8.33. The molecule has 3 amide bonds. The van der Waals surface area contributed by atoms with E-state index in [1.54, 1.807) is 37.3 Å². The Kier molecular flexibility index (Phi) is 7.73. The number of carbonyl (C=O) groups is 2. The Morgan fingerprint density at radius 3 is 2.15 bits per heavy atom. The summed E-state index contributed by atoms with van der Waals surface area (Å²) < 4.78 is 1.28. The van der Waals surface area contributed by atoms with E-state index in [0.29, 0.717) is 54.4 Å². The van der Waals surface area contributed by atoms with Gasteiger partial charge in [-0.05, 0) is 45.0 Å². The second kappa shape index (κ2) is 10.9. The van der Waals surface area contributed by atoms with Crippen molar-refractivity contribution >= 4 is 41.2 Å². The molecule has 0 aliphatic rings. The minimum Gasteiger partial charge on any atom is -0.338 e. The van der Waals surface area contributed by atoms with Crippen LogP contribution in [0, 0.1) is 6.92 Å². The molecule has 33 heavy (non-hydrogen) atoms. The molecule has 0 unspecified atom stereocenters. The first-order chi connectivity index (χ1) is 15.9. The van der Waals surface area contributed by atoms with Gasteiger partial charge >= 0.3 is 12.1 Å². The molecule has 12 nitrogen and oxygen atoms in total. The molecule has 0 radical (unpaired) electrons. The molecule has 0 fully saturated rings. The molecule has 0 saturated carbocycles. The molecule has 174 valence electrons. The van der Waals surface area contributed by atoms with Crippen LogP contribution in [0.15, 0.2) is 30.3 Å². The largest absolute Gasteiger partial charge is 0.342 e. The Morgan fingerprint density at radius 2 is 1.52 bits per heavy atom. The maximum Gasteiger partial charge on any atom is 0.342 e. The van der Waals surface area contributed by atoms with Gasteiger partial charge < -0.3 is 26.6 Å². The number of aryl methyl sites for hydroxylation is 2. The molecule has 0 bridgehead atoms. The van der Waals surface area contributed by atoms with Crippen LogP contribution < -0.4 is 26.6 Å². The molecular weight excluding hydrogens is 424 g/mol. The minimum absolute atomic E-state index is 0.260. The van der Waals surface area contributed by atoms with Gasteiger partial charge in [0.15, 0.2) is 5.82 Å². The van der Waals surface area contributed by atoms with Crippen molar-refractivity contribution in [3.05, 3.63) is 41.9 Å². The van der Waals surface area contributed by atoms with Crippen molar-refractivity contribution in [1.82, 2.24) is 35.4 Å². The van der Waals surface area contributed by atoms with Crippen molar-refractivity contribution in [2.75, 3.05) is 29.0 Å². The summed E-state index contributed by atoms with van der Waals surface area (Å²) in [5.41, 5.74) is 2.08. The number of benzene rings is 1. The van der Waals surface area contributed by atoms with Crippen molar-refractivity contribution in [2.24, 2.45) is 0 Å². The molecule has 1 aromatic carbocycles. The Labute approximate surface area is 191 Å². The third-order valence-corrected chi connectivity index (χ3v) is 4.38. The number of amides is 3. The zero-order valence-electron chi connectivity index (χ0n) is 19.1. The van der Waals surface area contributed by atoms with Crippen molar-refractivity contribution in [2.45, 2.75) is 34.1 Å². The zero-order chi connectivity index (χ0) is 23.8. The van der Waals surface area contributed by atoms with Gasteiger partial charge in [-0.2, -0.15) is 19.6 Å².